The van der Waals surface area contributed by atoms with E-state index in [2.05, 4.69) is 0 Å². The van der Waals surface area contributed by atoms with Gasteiger partial charge in [-0.2, -0.15) is 13.2 Å². The molecule has 0 radical (unpaired) electrons. The minimum Gasteiger partial charge on any atom is -0.277 e. The second-order valence-electron chi connectivity index (χ2n) is 4.59. The number of benzene rings is 2. The third kappa shape index (κ3) is 3.38. The highest BCUT2D eigenvalue weighted by molar-refractivity contribution is 7.92. The van der Waals surface area contributed by atoms with Crippen LogP contribution < -0.4 is 4.72 Å². The van der Waals surface area contributed by atoms with Gasteiger partial charge in [0.2, 0.25) is 0 Å². The number of nitrogens with one attached hydrogen (secondary N) is 1. The number of sulfonamides is 1. The molecule has 8 heteroatoms. The van der Waals surface area contributed by atoms with Gasteiger partial charge in [-0.05, 0) is 36.8 Å². The predicted molar refractivity (Wildman–Crippen MR) is 73.4 cm³/mol. The first kappa shape index (κ1) is 16.3. The lowest BCUT2D eigenvalue weighted by Crippen LogP contribution is -2.16. The Morgan fingerprint density at radius 2 is 1.68 bits per heavy atom. The summed E-state index contributed by atoms with van der Waals surface area (Å²) in [5.41, 5.74) is -1.64. The Morgan fingerprint density at radius 3 is 2.27 bits per heavy atom. The Hall–Kier alpha value is -2.09. The molecule has 2 rings (SSSR count). The van der Waals surface area contributed by atoms with Gasteiger partial charge in [0.25, 0.3) is 10.0 Å². The standard InChI is InChI=1S/C14H11F4NO2S/c1-9-4-2-5-10(8-9)22(20,21)19-12-7-3-6-11(13(12)15)14(16,17)18/h2-8,19H,1H3. The average Bonchev–Trinajstić information content (AvgIpc) is 2.39. The van der Waals surface area contributed by atoms with Crippen molar-refractivity contribution in [1.82, 2.24) is 0 Å². The Balaban J connectivity index is 2.43. The molecular formula is C14H11F4NO2S. The van der Waals surface area contributed by atoms with Crippen LogP contribution >= 0.6 is 0 Å². The number of alkyl halides is 3. The van der Waals surface area contributed by atoms with Crippen LogP contribution in [0.3, 0.4) is 0 Å². The molecule has 3 nitrogen and oxygen atoms in total. The number of halogens is 4. The zero-order chi connectivity index (χ0) is 16.5. The van der Waals surface area contributed by atoms with Crippen molar-refractivity contribution < 1.29 is 26.0 Å². The van der Waals surface area contributed by atoms with E-state index in [1.807, 2.05) is 4.72 Å². The van der Waals surface area contributed by atoms with Crippen LogP contribution in [0, 0.1) is 12.7 Å². The molecular weight excluding hydrogens is 322 g/mol. The van der Waals surface area contributed by atoms with E-state index in [0.717, 1.165) is 12.1 Å². The normalized spacial score (nSPS) is 12.2. The monoisotopic (exact) mass is 333 g/mol. The molecule has 0 atom stereocenters. The van der Waals surface area contributed by atoms with Crippen LogP contribution in [0.2, 0.25) is 0 Å². The molecule has 0 bridgehead atoms. The largest absolute Gasteiger partial charge is 0.419 e. The SMILES string of the molecule is Cc1cccc(S(=O)(=O)Nc2cccc(C(F)(F)F)c2F)c1. The van der Waals surface area contributed by atoms with Crippen molar-refractivity contribution in [2.75, 3.05) is 4.72 Å². The summed E-state index contributed by atoms with van der Waals surface area (Å²) in [5, 5.41) is 0. The lowest BCUT2D eigenvalue weighted by Gasteiger charge is -2.13. The second kappa shape index (κ2) is 5.60. The highest BCUT2D eigenvalue weighted by atomic mass is 32.2. The second-order valence-corrected chi connectivity index (χ2v) is 6.27. The van der Waals surface area contributed by atoms with Gasteiger partial charge in [0, 0.05) is 0 Å². The number of aryl methyl sites for hydroxylation is 1. The van der Waals surface area contributed by atoms with E-state index in [1.165, 1.54) is 18.2 Å². The summed E-state index contributed by atoms with van der Waals surface area (Å²) in [4.78, 5) is -0.163. The van der Waals surface area contributed by atoms with Crippen LogP contribution in [0.15, 0.2) is 47.4 Å². The predicted octanol–water partition coefficient (Wildman–Crippen LogP) is 3.95. The molecule has 1 N–H and O–H groups in total. The van der Waals surface area contributed by atoms with Gasteiger partial charge in [0.05, 0.1) is 16.1 Å². The van der Waals surface area contributed by atoms with Gasteiger partial charge in [-0.1, -0.05) is 18.2 Å². The van der Waals surface area contributed by atoms with Crippen molar-refractivity contribution in [3.05, 3.63) is 59.4 Å². The Kier molecular flexibility index (Phi) is 4.15. The molecule has 0 saturated heterocycles. The maximum absolute atomic E-state index is 13.8. The zero-order valence-corrected chi connectivity index (χ0v) is 12.1. The van der Waals surface area contributed by atoms with Crippen LogP contribution in [0.1, 0.15) is 11.1 Å². The molecule has 2 aromatic rings. The van der Waals surface area contributed by atoms with Crippen molar-refractivity contribution in [1.29, 1.82) is 0 Å². The number of rotatable bonds is 3. The molecule has 0 aliphatic carbocycles. The fourth-order valence-electron chi connectivity index (χ4n) is 1.82. The van der Waals surface area contributed by atoms with Gasteiger partial charge in [0.1, 0.15) is 0 Å². The van der Waals surface area contributed by atoms with Gasteiger partial charge in [-0.3, -0.25) is 4.72 Å². The highest BCUT2D eigenvalue weighted by Crippen LogP contribution is 2.34. The van der Waals surface area contributed by atoms with E-state index >= 15 is 0 Å². The van der Waals surface area contributed by atoms with E-state index in [-0.39, 0.29) is 4.90 Å². The molecule has 0 spiro atoms. The number of hydrogen-bond donors (Lipinski definition) is 1. The van der Waals surface area contributed by atoms with Gasteiger partial charge < -0.3 is 0 Å². The van der Waals surface area contributed by atoms with E-state index in [4.69, 9.17) is 0 Å². The summed E-state index contributed by atoms with van der Waals surface area (Å²) in [6.45, 7) is 1.66. The van der Waals surface area contributed by atoms with E-state index in [0.29, 0.717) is 11.6 Å². The summed E-state index contributed by atoms with van der Waals surface area (Å²) >= 11 is 0. The smallest absolute Gasteiger partial charge is 0.277 e. The average molecular weight is 333 g/mol. The summed E-state index contributed by atoms with van der Waals surface area (Å²) in [5.74, 6) is -1.66. The molecule has 118 valence electrons. The summed E-state index contributed by atoms with van der Waals surface area (Å²) in [6.07, 6.45) is -4.91. The molecule has 0 saturated carbocycles. The van der Waals surface area contributed by atoms with Gasteiger partial charge >= 0.3 is 6.18 Å². The van der Waals surface area contributed by atoms with Crippen molar-refractivity contribution in [3.63, 3.8) is 0 Å². The highest BCUT2D eigenvalue weighted by Gasteiger charge is 2.35. The lowest BCUT2D eigenvalue weighted by molar-refractivity contribution is -0.139. The number of anilines is 1. The van der Waals surface area contributed by atoms with Crippen LogP contribution in [0.5, 0.6) is 0 Å². The summed E-state index contributed by atoms with van der Waals surface area (Å²) in [7, 11) is -4.18. The molecule has 0 aliphatic heterocycles. The fourth-order valence-corrected chi connectivity index (χ4v) is 2.98. The first-order valence-corrected chi connectivity index (χ1v) is 7.55. The zero-order valence-electron chi connectivity index (χ0n) is 11.3. The van der Waals surface area contributed by atoms with Gasteiger partial charge in [-0.25, -0.2) is 12.8 Å². The number of hydrogen-bond acceptors (Lipinski definition) is 2. The van der Waals surface area contributed by atoms with E-state index < -0.39 is 33.3 Å². The summed E-state index contributed by atoms with van der Waals surface area (Å²) in [6, 6.07) is 8.13. The Bertz CT molecular complexity index is 801. The Morgan fingerprint density at radius 1 is 1.05 bits per heavy atom. The third-order valence-electron chi connectivity index (χ3n) is 2.85. The minimum absolute atomic E-state index is 0.163. The van der Waals surface area contributed by atoms with Crippen molar-refractivity contribution in [3.8, 4) is 0 Å². The van der Waals surface area contributed by atoms with Crippen molar-refractivity contribution >= 4 is 15.7 Å². The lowest BCUT2D eigenvalue weighted by atomic mass is 10.2. The maximum Gasteiger partial charge on any atom is 0.419 e. The van der Waals surface area contributed by atoms with Crippen molar-refractivity contribution in [2.45, 2.75) is 18.0 Å². The molecule has 22 heavy (non-hydrogen) atoms. The molecule has 0 amide bonds. The molecule has 2 aromatic carbocycles. The van der Waals surface area contributed by atoms with Crippen LogP contribution in [-0.2, 0) is 16.2 Å². The molecule has 0 aliphatic rings. The summed E-state index contributed by atoms with van der Waals surface area (Å²) < 4.78 is 77.8. The van der Waals surface area contributed by atoms with Crippen LogP contribution in [-0.4, -0.2) is 8.42 Å². The topological polar surface area (TPSA) is 46.2 Å². The quantitative estimate of drug-likeness (QED) is 0.865. The minimum atomic E-state index is -4.91. The molecule has 0 unspecified atom stereocenters. The van der Waals surface area contributed by atoms with E-state index in [1.54, 1.807) is 13.0 Å². The first-order chi connectivity index (χ1) is 10.1. The van der Waals surface area contributed by atoms with Crippen LogP contribution in [0.25, 0.3) is 0 Å². The van der Waals surface area contributed by atoms with Crippen molar-refractivity contribution in [2.24, 2.45) is 0 Å². The maximum atomic E-state index is 13.8. The van der Waals surface area contributed by atoms with E-state index in [9.17, 15) is 26.0 Å². The van der Waals surface area contributed by atoms with Gasteiger partial charge in [0.15, 0.2) is 5.82 Å². The first-order valence-electron chi connectivity index (χ1n) is 6.06. The third-order valence-corrected chi connectivity index (χ3v) is 4.21. The molecule has 0 aromatic heterocycles. The fraction of sp³-hybridized carbons (Fsp3) is 0.143. The Labute approximate surface area is 124 Å². The molecule has 0 heterocycles. The van der Waals surface area contributed by atoms with Gasteiger partial charge in [-0.15, -0.1) is 0 Å². The molecule has 0 fully saturated rings. The van der Waals surface area contributed by atoms with Crippen LogP contribution in [0.4, 0.5) is 23.2 Å².